The van der Waals surface area contributed by atoms with Crippen LogP contribution in [0.3, 0.4) is 0 Å². The van der Waals surface area contributed by atoms with Crippen molar-refractivity contribution in [2.24, 2.45) is 11.8 Å². The van der Waals surface area contributed by atoms with Crippen LogP contribution in [0, 0.1) is 11.8 Å². The van der Waals surface area contributed by atoms with Gasteiger partial charge in [-0.25, -0.2) is 0 Å². The second-order valence-electron chi connectivity index (χ2n) is 4.56. The van der Waals surface area contributed by atoms with Gasteiger partial charge in [-0.2, -0.15) is 0 Å². The van der Waals surface area contributed by atoms with E-state index in [2.05, 4.69) is 20.8 Å². The lowest BCUT2D eigenvalue weighted by Crippen LogP contribution is -2.21. The van der Waals surface area contributed by atoms with Crippen LogP contribution in [-0.4, -0.2) is 11.1 Å². The van der Waals surface area contributed by atoms with Crippen LogP contribution in [0.15, 0.2) is 0 Å². The van der Waals surface area contributed by atoms with Gasteiger partial charge in [0.2, 0.25) is 0 Å². The molecule has 2 heteroatoms. The van der Waals surface area contributed by atoms with Gasteiger partial charge in [0, 0.05) is 0 Å². The summed E-state index contributed by atoms with van der Waals surface area (Å²) in [4.78, 5) is 11.1. The number of hydrogen-bond acceptors (Lipinski definition) is 1. The van der Waals surface area contributed by atoms with E-state index in [4.69, 9.17) is 5.11 Å². The minimum atomic E-state index is -0.604. The Morgan fingerprint density at radius 1 is 1.07 bits per heavy atom. The van der Waals surface area contributed by atoms with Gasteiger partial charge in [-0.1, -0.05) is 52.9 Å². The highest BCUT2D eigenvalue weighted by Crippen LogP contribution is 2.23. The zero-order valence-electron chi connectivity index (χ0n) is 10.5. The molecule has 0 fully saturated rings. The Labute approximate surface area is 94.1 Å². The molecule has 90 valence electrons. The molecule has 0 spiro atoms. The van der Waals surface area contributed by atoms with Crippen molar-refractivity contribution in [1.82, 2.24) is 0 Å². The average Bonchev–Trinajstić information content (AvgIpc) is 2.18. The Hall–Kier alpha value is -0.530. The Morgan fingerprint density at radius 3 is 2.13 bits per heavy atom. The molecule has 0 aliphatic carbocycles. The van der Waals surface area contributed by atoms with Crippen LogP contribution in [0.5, 0.6) is 0 Å². The molecule has 0 aromatic heterocycles. The van der Waals surface area contributed by atoms with Crippen LogP contribution in [0.4, 0.5) is 0 Å². The van der Waals surface area contributed by atoms with Gasteiger partial charge in [0.25, 0.3) is 0 Å². The molecule has 0 amide bonds. The predicted octanol–water partition coefficient (Wildman–Crippen LogP) is 4.09. The Balaban J connectivity index is 3.93. The molecule has 0 aromatic carbocycles. The van der Waals surface area contributed by atoms with Gasteiger partial charge in [0.05, 0.1) is 5.92 Å². The number of carboxylic acids is 1. The first kappa shape index (κ1) is 14.5. The maximum Gasteiger partial charge on any atom is 0.306 e. The molecule has 0 aliphatic rings. The average molecular weight is 214 g/mol. The van der Waals surface area contributed by atoms with Crippen molar-refractivity contribution in [2.75, 3.05) is 0 Å². The van der Waals surface area contributed by atoms with E-state index in [1.807, 2.05) is 0 Å². The molecule has 0 radical (unpaired) electrons. The van der Waals surface area contributed by atoms with Crippen LogP contribution >= 0.6 is 0 Å². The fraction of sp³-hybridized carbons (Fsp3) is 0.923. The molecule has 0 bridgehead atoms. The van der Waals surface area contributed by atoms with Crippen molar-refractivity contribution in [2.45, 2.75) is 65.7 Å². The molecule has 0 saturated carbocycles. The molecule has 0 saturated heterocycles. The highest BCUT2D eigenvalue weighted by atomic mass is 16.4. The summed E-state index contributed by atoms with van der Waals surface area (Å²) in [7, 11) is 0. The second-order valence-corrected chi connectivity index (χ2v) is 4.56. The number of aliphatic carboxylic acids is 1. The van der Waals surface area contributed by atoms with E-state index in [1.54, 1.807) is 0 Å². The molecule has 2 unspecified atom stereocenters. The van der Waals surface area contributed by atoms with E-state index in [0.717, 1.165) is 25.7 Å². The summed E-state index contributed by atoms with van der Waals surface area (Å²) in [6.07, 6.45) is 7.64. The quantitative estimate of drug-likeness (QED) is 0.587. The zero-order chi connectivity index (χ0) is 11.7. The van der Waals surface area contributed by atoms with Crippen LogP contribution in [0.2, 0.25) is 0 Å². The van der Waals surface area contributed by atoms with E-state index in [1.165, 1.54) is 19.3 Å². The van der Waals surface area contributed by atoms with Gasteiger partial charge in [0.15, 0.2) is 0 Å². The predicted molar refractivity (Wildman–Crippen MR) is 64.0 cm³/mol. The van der Waals surface area contributed by atoms with Crippen LogP contribution < -0.4 is 0 Å². The Morgan fingerprint density at radius 2 is 1.67 bits per heavy atom. The summed E-state index contributed by atoms with van der Waals surface area (Å²) >= 11 is 0. The first-order valence-corrected chi connectivity index (χ1v) is 6.36. The first-order valence-electron chi connectivity index (χ1n) is 6.36. The van der Waals surface area contributed by atoms with Crippen molar-refractivity contribution in [3.63, 3.8) is 0 Å². The first-order chi connectivity index (χ1) is 7.13. The normalized spacial score (nSPS) is 14.9. The molecular formula is C13H26O2. The summed E-state index contributed by atoms with van der Waals surface area (Å²) in [6.45, 7) is 6.38. The molecule has 1 N–H and O–H groups in total. The molecule has 0 aliphatic heterocycles. The van der Waals surface area contributed by atoms with Gasteiger partial charge in [-0.15, -0.1) is 0 Å². The van der Waals surface area contributed by atoms with Crippen molar-refractivity contribution in [3.05, 3.63) is 0 Å². The summed E-state index contributed by atoms with van der Waals surface area (Å²) in [5.74, 6) is -0.394. The smallest absolute Gasteiger partial charge is 0.306 e. The molecule has 2 atom stereocenters. The largest absolute Gasteiger partial charge is 0.481 e. The lowest BCUT2D eigenvalue weighted by atomic mass is 9.86. The van der Waals surface area contributed by atoms with Crippen molar-refractivity contribution < 1.29 is 9.90 Å². The fourth-order valence-corrected chi connectivity index (χ4v) is 1.99. The van der Waals surface area contributed by atoms with Gasteiger partial charge in [0.1, 0.15) is 0 Å². The summed E-state index contributed by atoms with van der Waals surface area (Å²) in [5.41, 5.74) is 0. The molecule has 0 rings (SSSR count). The minimum absolute atomic E-state index is 0.123. The number of unbranched alkanes of at least 4 members (excludes halogenated alkanes) is 3. The second kappa shape index (κ2) is 8.75. The lowest BCUT2D eigenvalue weighted by Gasteiger charge is -2.19. The van der Waals surface area contributed by atoms with E-state index in [9.17, 15) is 4.79 Å². The fourth-order valence-electron chi connectivity index (χ4n) is 1.99. The highest BCUT2D eigenvalue weighted by Gasteiger charge is 2.23. The topological polar surface area (TPSA) is 37.3 Å². The number of carbonyl (C=O) groups is 1. The Kier molecular flexibility index (Phi) is 8.44. The van der Waals surface area contributed by atoms with E-state index in [-0.39, 0.29) is 5.92 Å². The van der Waals surface area contributed by atoms with Crippen LogP contribution in [0.1, 0.15) is 65.7 Å². The van der Waals surface area contributed by atoms with E-state index >= 15 is 0 Å². The van der Waals surface area contributed by atoms with Crippen LogP contribution in [0.25, 0.3) is 0 Å². The Bertz CT molecular complexity index is 166. The minimum Gasteiger partial charge on any atom is -0.481 e. The van der Waals surface area contributed by atoms with Crippen molar-refractivity contribution >= 4 is 5.97 Å². The van der Waals surface area contributed by atoms with Gasteiger partial charge in [-0.05, 0) is 18.8 Å². The van der Waals surface area contributed by atoms with E-state index in [0.29, 0.717) is 5.92 Å². The van der Waals surface area contributed by atoms with Crippen molar-refractivity contribution in [1.29, 1.82) is 0 Å². The number of carboxylic acid groups (broad SMARTS) is 1. The summed E-state index contributed by atoms with van der Waals surface area (Å²) < 4.78 is 0. The monoisotopic (exact) mass is 214 g/mol. The molecule has 0 heterocycles. The lowest BCUT2D eigenvalue weighted by molar-refractivity contribution is -0.143. The maximum absolute atomic E-state index is 11.1. The third-order valence-corrected chi connectivity index (χ3v) is 3.14. The van der Waals surface area contributed by atoms with Crippen LogP contribution in [-0.2, 0) is 4.79 Å². The summed E-state index contributed by atoms with van der Waals surface area (Å²) in [5, 5.41) is 9.13. The number of rotatable bonds is 9. The SMILES string of the molecule is CCCCCC(C)C(CCCC)C(=O)O. The zero-order valence-corrected chi connectivity index (χ0v) is 10.5. The van der Waals surface area contributed by atoms with Gasteiger partial charge < -0.3 is 5.11 Å². The molecule has 0 aromatic rings. The third kappa shape index (κ3) is 6.53. The van der Waals surface area contributed by atoms with Crippen molar-refractivity contribution in [3.8, 4) is 0 Å². The number of hydrogen-bond donors (Lipinski definition) is 1. The third-order valence-electron chi connectivity index (χ3n) is 3.14. The highest BCUT2D eigenvalue weighted by molar-refractivity contribution is 5.70. The van der Waals surface area contributed by atoms with E-state index < -0.39 is 5.97 Å². The standard InChI is InChI=1S/C13H26O2/c1-4-6-8-9-11(3)12(13(14)15)10-7-5-2/h11-12H,4-10H2,1-3H3,(H,14,15). The molecule has 15 heavy (non-hydrogen) atoms. The van der Waals surface area contributed by atoms with Gasteiger partial charge >= 0.3 is 5.97 Å². The summed E-state index contributed by atoms with van der Waals surface area (Å²) in [6, 6.07) is 0. The molecular weight excluding hydrogens is 188 g/mol. The maximum atomic E-state index is 11.1. The molecule has 2 nitrogen and oxygen atoms in total. The van der Waals surface area contributed by atoms with Gasteiger partial charge in [-0.3, -0.25) is 4.79 Å².